The first-order chi connectivity index (χ1) is 11.5. The maximum atomic E-state index is 14.0. The van der Waals surface area contributed by atoms with Crippen molar-refractivity contribution in [2.24, 2.45) is 0 Å². The van der Waals surface area contributed by atoms with Crippen LogP contribution >= 0.6 is 0 Å². The monoisotopic (exact) mass is 336 g/mol. The zero-order valence-electron chi connectivity index (χ0n) is 14.2. The van der Waals surface area contributed by atoms with E-state index >= 15 is 0 Å². The Morgan fingerprint density at radius 2 is 1.67 bits per heavy atom. The Balaban J connectivity index is 1.63. The molecule has 1 saturated heterocycles. The van der Waals surface area contributed by atoms with E-state index in [9.17, 15) is 8.78 Å². The zero-order valence-corrected chi connectivity index (χ0v) is 14.2. The van der Waals surface area contributed by atoms with Crippen LogP contribution in [0.25, 0.3) is 0 Å². The van der Waals surface area contributed by atoms with Gasteiger partial charge in [-0.25, -0.2) is 8.78 Å². The third-order valence-corrected chi connectivity index (χ3v) is 4.75. The van der Waals surface area contributed by atoms with Crippen LogP contribution in [0.1, 0.15) is 43.2 Å². The van der Waals surface area contributed by atoms with E-state index in [0.29, 0.717) is 17.3 Å². The number of benzene rings is 1. The minimum atomic E-state index is -0.405. The van der Waals surface area contributed by atoms with Gasteiger partial charge in [0, 0.05) is 37.8 Å². The van der Waals surface area contributed by atoms with Crippen molar-refractivity contribution >= 4 is 0 Å². The molecule has 1 aromatic heterocycles. The SMILES string of the molecule is Cc1noc(C(C)N2CCN(C(C)c3cc(F)ccc3F)CC2)n1. The van der Waals surface area contributed by atoms with Gasteiger partial charge in [0.1, 0.15) is 11.6 Å². The normalized spacial score (nSPS) is 19.4. The van der Waals surface area contributed by atoms with Crippen LogP contribution in [0.5, 0.6) is 0 Å². The lowest BCUT2D eigenvalue weighted by Crippen LogP contribution is -2.48. The summed E-state index contributed by atoms with van der Waals surface area (Å²) in [5.74, 6) is 0.481. The van der Waals surface area contributed by atoms with Crippen molar-refractivity contribution in [2.75, 3.05) is 26.2 Å². The predicted molar refractivity (Wildman–Crippen MR) is 85.4 cm³/mol. The third-order valence-electron chi connectivity index (χ3n) is 4.75. The zero-order chi connectivity index (χ0) is 17.3. The summed E-state index contributed by atoms with van der Waals surface area (Å²) in [6.45, 7) is 8.92. The number of hydrogen-bond donors (Lipinski definition) is 0. The second-order valence-corrected chi connectivity index (χ2v) is 6.27. The Kier molecular flexibility index (Phi) is 4.91. The molecule has 1 aliphatic heterocycles. The molecular formula is C17H22F2N4O. The quantitative estimate of drug-likeness (QED) is 0.858. The van der Waals surface area contributed by atoms with Gasteiger partial charge in [0.05, 0.1) is 6.04 Å². The van der Waals surface area contributed by atoms with E-state index in [1.54, 1.807) is 6.92 Å². The Bertz CT molecular complexity index is 698. The first-order valence-corrected chi connectivity index (χ1v) is 8.19. The van der Waals surface area contributed by atoms with Crippen LogP contribution in [-0.4, -0.2) is 46.1 Å². The molecule has 2 aromatic rings. The van der Waals surface area contributed by atoms with Crippen LogP contribution in [0.2, 0.25) is 0 Å². The van der Waals surface area contributed by atoms with Gasteiger partial charge in [-0.3, -0.25) is 9.80 Å². The summed E-state index contributed by atoms with van der Waals surface area (Å²) < 4.78 is 32.6. The lowest BCUT2D eigenvalue weighted by molar-refractivity contribution is 0.0668. The van der Waals surface area contributed by atoms with Gasteiger partial charge < -0.3 is 4.52 Å². The van der Waals surface area contributed by atoms with Crippen molar-refractivity contribution in [2.45, 2.75) is 32.9 Å². The van der Waals surface area contributed by atoms with E-state index in [4.69, 9.17) is 4.52 Å². The number of halogens is 2. The molecule has 0 spiro atoms. The molecule has 1 fully saturated rings. The van der Waals surface area contributed by atoms with E-state index in [1.165, 1.54) is 12.1 Å². The van der Waals surface area contributed by atoms with Gasteiger partial charge in [-0.15, -0.1) is 0 Å². The summed E-state index contributed by atoms with van der Waals surface area (Å²) in [5, 5.41) is 3.83. The average molecular weight is 336 g/mol. The molecule has 0 saturated carbocycles. The van der Waals surface area contributed by atoms with Crippen LogP contribution in [0.15, 0.2) is 22.7 Å². The fourth-order valence-corrected chi connectivity index (χ4v) is 3.18. The lowest BCUT2D eigenvalue weighted by Gasteiger charge is -2.39. The standard InChI is InChI=1S/C17H22F2N4O/c1-11(15-10-14(18)4-5-16(15)19)22-6-8-23(9-7-22)12(2)17-20-13(3)21-24-17/h4-5,10-12H,6-9H2,1-3H3. The minimum Gasteiger partial charge on any atom is -0.338 e. The Morgan fingerprint density at radius 3 is 2.25 bits per heavy atom. The highest BCUT2D eigenvalue weighted by atomic mass is 19.1. The number of piperazine rings is 1. The van der Waals surface area contributed by atoms with Gasteiger partial charge in [-0.1, -0.05) is 5.16 Å². The Hall–Kier alpha value is -1.86. The summed E-state index contributed by atoms with van der Waals surface area (Å²) in [6.07, 6.45) is 0. The second-order valence-electron chi connectivity index (χ2n) is 6.27. The number of rotatable bonds is 4. The first kappa shape index (κ1) is 17.0. The number of aryl methyl sites for hydroxylation is 1. The van der Waals surface area contributed by atoms with Gasteiger partial charge in [0.15, 0.2) is 5.82 Å². The molecule has 0 aliphatic carbocycles. The molecule has 2 unspecified atom stereocenters. The molecule has 7 heteroatoms. The van der Waals surface area contributed by atoms with Crippen LogP contribution in [0.3, 0.4) is 0 Å². The van der Waals surface area contributed by atoms with Crippen LogP contribution in [0, 0.1) is 18.6 Å². The fourth-order valence-electron chi connectivity index (χ4n) is 3.18. The van der Waals surface area contributed by atoms with Crippen LogP contribution in [-0.2, 0) is 0 Å². The minimum absolute atomic E-state index is 0.0505. The van der Waals surface area contributed by atoms with E-state index in [0.717, 1.165) is 32.2 Å². The van der Waals surface area contributed by atoms with Crippen molar-refractivity contribution in [1.29, 1.82) is 0 Å². The van der Waals surface area contributed by atoms with Crippen molar-refractivity contribution < 1.29 is 13.3 Å². The Morgan fingerprint density at radius 1 is 1.04 bits per heavy atom. The molecule has 2 atom stereocenters. The van der Waals surface area contributed by atoms with E-state index in [2.05, 4.69) is 19.9 Å². The average Bonchev–Trinajstić information content (AvgIpc) is 3.02. The molecule has 0 radical (unpaired) electrons. The third kappa shape index (κ3) is 3.47. The highest BCUT2D eigenvalue weighted by Gasteiger charge is 2.28. The van der Waals surface area contributed by atoms with Crippen LogP contribution in [0.4, 0.5) is 8.78 Å². The summed E-state index contributed by atoms with van der Waals surface area (Å²) in [5.41, 5.74) is 0.407. The number of aromatic nitrogens is 2. The van der Waals surface area contributed by atoms with Crippen molar-refractivity contribution in [3.63, 3.8) is 0 Å². The van der Waals surface area contributed by atoms with Gasteiger partial charge in [-0.05, 0) is 39.0 Å². The number of hydrogen-bond acceptors (Lipinski definition) is 5. The summed E-state index contributed by atoms with van der Waals surface area (Å²) in [7, 11) is 0. The predicted octanol–water partition coefficient (Wildman–Crippen LogP) is 3.10. The van der Waals surface area contributed by atoms with Gasteiger partial charge >= 0.3 is 0 Å². The van der Waals surface area contributed by atoms with E-state index in [-0.39, 0.29) is 17.9 Å². The molecule has 1 aromatic carbocycles. The number of nitrogens with zero attached hydrogens (tertiary/aromatic N) is 4. The molecule has 0 bridgehead atoms. The van der Waals surface area contributed by atoms with Gasteiger partial charge in [0.2, 0.25) is 5.89 Å². The summed E-state index contributed by atoms with van der Waals surface area (Å²) in [4.78, 5) is 8.71. The van der Waals surface area contributed by atoms with Crippen LogP contribution < -0.4 is 0 Å². The first-order valence-electron chi connectivity index (χ1n) is 8.19. The van der Waals surface area contributed by atoms with E-state index in [1.807, 2.05) is 13.8 Å². The van der Waals surface area contributed by atoms with Crippen molar-refractivity contribution in [3.8, 4) is 0 Å². The molecule has 5 nitrogen and oxygen atoms in total. The van der Waals surface area contributed by atoms with Gasteiger partial charge in [-0.2, -0.15) is 4.98 Å². The molecule has 24 heavy (non-hydrogen) atoms. The molecule has 2 heterocycles. The molecule has 3 rings (SSSR count). The van der Waals surface area contributed by atoms with Gasteiger partial charge in [0.25, 0.3) is 0 Å². The van der Waals surface area contributed by atoms with E-state index < -0.39 is 5.82 Å². The molecular weight excluding hydrogens is 314 g/mol. The highest BCUT2D eigenvalue weighted by molar-refractivity contribution is 5.22. The maximum Gasteiger partial charge on any atom is 0.243 e. The summed E-state index contributed by atoms with van der Waals surface area (Å²) >= 11 is 0. The van der Waals surface area contributed by atoms with Crippen molar-refractivity contribution in [3.05, 3.63) is 47.1 Å². The molecule has 130 valence electrons. The molecule has 0 N–H and O–H groups in total. The second kappa shape index (κ2) is 6.94. The van der Waals surface area contributed by atoms with Crippen molar-refractivity contribution in [1.82, 2.24) is 19.9 Å². The fraction of sp³-hybridized carbons (Fsp3) is 0.529. The Labute approximate surface area is 140 Å². The maximum absolute atomic E-state index is 14.0. The summed E-state index contributed by atoms with van der Waals surface area (Å²) in [6, 6.07) is 3.52. The lowest BCUT2D eigenvalue weighted by atomic mass is 10.0. The highest BCUT2D eigenvalue weighted by Crippen LogP contribution is 2.27. The topological polar surface area (TPSA) is 45.4 Å². The smallest absolute Gasteiger partial charge is 0.243 e. The molecule has 0 amide bonds. The largest absolute Gasteiger partial charge is 0.338 e. The molecule has 1 aliphatic rings.